The van der Waals surface area contributed by atoms with E-state index >= 15 is 0 Å². The highest BCUT2D eigenvalue weighted by molar-refractivity contribution is 5.68. The molecular weight excluding hydrogens is 425 g/mol. The van der Waals surface area contributed by atoms with E-state index in [4.69, 9.17) is 9.47 Å². The number of hydrogen-bond donors (Lipinski definition) is 2. The standard InChI is InChI=1S/C24H34FN5O3/c1-24(2,3)33-23(31)30-11-8-18(9-12-30)15-26-16-19-14-22(29-17-28-19)27-10-13-32-21-7-5-4-6-20(21)25/h4-7,14,17-18,26H,8-13,15-16H2,1-3H3,(H,27,28,29). The van der Waals surface area contributed by atoms with Crippen LogP contribution in [0.25, 0.3) is 0 Å². The summed E-state index contributed by atoms with van der Waals surface area (Å²) < 4.78 is 24.5. The first-order valence-electron chi connectivity index (χ1n) is 11.4. The van der Waals surface area contributed by atoms with E-state index in [1.54, 1.807) is 23.1 Å². The SMILES string of the molecule is CC(C)(C)OC(=O)N1CCC(CNCc2cc(NCCOc3ccccc3F)ncn2)CC1. The van der Waals surface area contributed by atoms with E-state index in [2.05, 4.69) is 20.6 Å². The molecule has 1 aliphatic rings. The van der Waals surface area contributed by atoms with Crippen LogP contribution in [0.5, 0.6) is 5.75 Å². The van der Waals surface area contributed by atoms with Gasteiger partial charge in [-0.25, -0.2) is 19.2 Å². The molecule has 1 amide bonds. The summed E-state index contributed by atoms with van der Waals surface area (Å²) in [7, 11) is 0. The van der Waals surface area contributed by atoms with Crippen molar-refractivity contribution >= 4 is 11.9 Å². The molecule has 33 heavy (non-hydrogen) atoms. The molecular formula is C24H34FN5O3. The highest BCUT2D eigenvalue weighted by Gasteiger charge is 2.26. The number of halogens is 1. The van der Waals surface area contributed by atoms with Gasteiger partial charge >= 0.3 is 6.09 Å². The molecule has 1 aromatic heterocycles. The van der Waals surface area contributed by atoms with E-state index in [1.807, 2.05) is 26.8 Å². The molecule has 0 radical (unpaired) electrons. The fourth-order valence-corrected chi connectivity index (χ4v) is 3.54. The van der Waals surface area contributed by atoms with Gasteiger partial charge in [-0.2, -0.15) is 0 Å². The number of hydrogen-bond acceptors (Lipinski definition) is 7. The van der Waals surface area contributed by atoms with Crippen molar-refractivity contribution in [3.63, 3.8) is 0 Å². The second kappa shape index (κ2) is 11.8. The Kier molecular flexibility index (Phi) is 8.82. The highest BCUT2D eigenvalue weighted by atomic mass is 19.1. The lowest BCUT2D eigenvalue weighted by atomic mass is 9.97. The molecule has 1 fully saturated rings. The first-order chi connectivity index (χ1) is 15.8. The molecule has 0 bridgehead atoms. The van der Waals surface area contributed by atoms with Crippen LogP contribution in [-0.2, 0) is 11.3 Å². The topological polar surface area (TPSA) is 88.6 Å². The van der Waals surface area contributed by atoms with Crippen molar-refractivity contribution in [1.82, 2.24) is 20.2 Å². The van der Waals surface area contributed by atoms with Gasteiger partial charge < -0.3 is 25.0 Å². The number of ether oxygens (including phenoxy) is 2. The molecule has 3 rings (SSSR count). The maximum atomic E-state index is 13.6. The zero-order chi connectivity index (χ0) is 23.7. The van der Waals surface area contributed by atoms with E-state index in [9.17, 15) is 9.18 Å². The van der Waals surface area contributed by atoms with Crippen molar-refractivity contribution in [1.29, 1.82) is 0 Å². The molecule has 2 aromatic rings. The van der Waals surface area contributed by atoms with Gasteiger partial charge in [0, 0.05) is 25.7 Å². The van der Waals surface area contributed by atoms with Gasteiger partial charge in [-0.1, -0.05) is 12.1 Å². The van der Waals surface area contributed by atoms with Crippen LogP contribution in [-0.4, -0.2) is 59.3 Å². The van der Waals surface area contributed by atoms with Crippen molar-refractivity contribution in [3.8, 4) is 5.75 Å². The van der Waals surface area contributed by atoms with Gasteiger partial charge in [0.1, 0.15) is 24.4 Å². The molecule has 8 nitrogen and oxygen atoms in total. The van der Waals surface area contributed by atoms with Gasteiger partial charge in [0.2, 0.25) is 0 Å². The van der Waals surface area contributed by atoms with Crippen molar-refractivity contribution in [2.75, 3.05) is 38.1 Å². The summed E-state index contributed by atoms with van der Waals surface area (Å²) in [5, 5.41) is 6.63. The summed E-state index contributed by atoms with van der Waals surface area (Å²) in [5.74, 6) is 1.08. The maximum Gasteiger partial charge on any atom is 0.410 e. The highest BCUT2D eigenvalue weighted by Crippen LogP contribution is 2.19. The number of likely N-dealkylation sites (tertiary alicyclic amines) is 1. The number of nitrogens with zero attached hydrogens (tertiary/aromatic N) is 3. The van der Waals surface area contributed by atoms with Crippen molar-refractivity contribution in [2.24, 2.45) is 5.92 Å². The molecule has 2 heterocycles. The Bertz CT molecular complexity index is 898. The molecule has 1 aliphatic heterocycles. The number of piperidine rings is 1. The van der Waals surface area contributed by atoms with Gasteiger partial charge in [-0.15, -0.1) is 0 Å². The molecule has 0 spiro atoms. The van der Waals surface area contributed by atoms with Gasteiger partial charge in [-0.05, 0) is 58.2 Å². The van der Waals surface area contributed by atoms with Gasteiger partial charge in [0.25, 0.3) is 0 Å². The van der Waals surface area contributed by atoms with Crippen LogP contribution >= 0.6 is 0 Å². The average molecular weight is 460 g/mol. The fourth-order valence-electron chi connectivity index (χ4n) is 3.54. The molecule has 0 unspecified atom stereocenters. The minimum Gasteiger partial charge on any atom is -0.489 e. The molecule has 1 saturated heterocycles. The Balaban J connectivity index is 1.33. The second-order valence-electron chi connectivity index (χ2n) is 9.14. The van der Waals surface area contributed by atoms with Gasteiger partial charge in [0.15, 0.2) is 11.6 Å². The number of carbonyl (C=O) groups is 1. The summed E-state index contributed by atoms with van der Waals surface area (Å²) in [4.78, 5) is 22.5. The van der Waals surface area contributed by atoms with Crippen LogP contribution in [0, 0.1) is 11.7 Å². The number of carbonyl (C=O) groups excluding carboxylic acids is 1. The Hall–Kier alpha value is -2.94. The number of amides is 1. The Morgan fingerprint density at radius 1 is 1.21 bits per heavy atom. The van der Waals surface area contributed by atoms with E-state index in [0.717, 1.165) is 38.2 Å². The van der Waals surface area contributed by atoms with Crippen molar-refractivity contribution in [2.45, 2.75) is 45.8 Å². The lowest BCUT2D eigenvalue weighted by molar-refractivity contribution is 0.0184. The van der Waals surface area contributed by atoms with Crippen LogP contribution in [0.2, 0.25) is 0 Å². The van der Waals surface area contributed by atoms with Crippen LogP contribution in [0.3, 0.4) is 0 Å². The Morgan fingerprint density at radius 3 is 2.70 bits per heavy atom. The molecule has 180 valence electrons. The largest absolute Gasteiger partial charge is 0.489 e. The van der Waals surface area contributed by atoms with Crippen LogP contribution in [0.1, 0.15) is 39.3 Å². The minimum atomic E-state index is -0.465. The van der Waals surface area contributed by atoms with Crippen LogP contribution in [0.15, 0.2) is 36.7 Å². The lowest BCUT2D eigenvalue weighted by Crippen LogP contribution is -2.43. The second-order valence-corrected chi connectivity index (χ2v) is 9.14. The number of rotatable bonds is 9. The number of benzene rings is 1. The third kappa shape index (κ3) is 8.49. The summed E-state index contributed by atoms with van der Waals surface area (Å²) in [6, 6.07) is 8.23. The van der Waals surface area contributed by atoms with Crippen LogP contribution in [0.4, 0.5) is 15.0 Å². The third-order valence-electron chi connectivity index (χ3n) is 5.23. The molecule has 0 aliphatic carbocycles. The monoisotopic (exact) mass is 459 g/mol. The van der Waals surface area contributed by atoms with Gasteiger partial charge in [-0.3, -0.25) is 0 Å². The molecule has 0 saturated carbocycles. The minimum absolute atomic E-state index is 0.228. The zero-order valence-electron chi connectivity index (χ0n) is 19.6. The molecule has 9 heteroatoms. The fraction of sp³-hybridized carbons (Fsp3) is 0.542. The summed E-state index contributed by atoms with van der Waals surface area (Å²) in [5.41, 5.74) is 0.418. The smallest absolute Gasteiger partial charge is 0.410 e. The average Bonchev–Trinajstić information content (AvgIpc) is 2.77. The summed E-state index contributed by atoms with van der Waals surface area (Å²) >= 11 is 0. The lowest BCUT2D eigenvalue weighted by Gasteiger charge is -2.33. The Morgan fingerprint density at radius 2 is 1.97 bits per heavy atom. The summed E-state index contributed by atoms with van der Waals surface area (Å²) in [6.45, 7) is 9.41. The third-order valence-corrected chi connectivity index (χ3v) is 5.23. The summed E-state index contributed by atoms with van der Waals surface area (Å²) in [6.07, 6.45) is 3.20. The predicted molar refractivity (Wildman–Crippen MR) is 125 cm³/mol. The number of para-hydroxylation sites is 1. The van der Waals surface area contributed by atoms with Crippen molar-refractivity contribution in [3.05, 3.63) is 48.2 Å². The van der Waals surface area contributed by atoms with E-state index in [0.29, 0.717) is 31.4 Å². The van der Waals surface area contributed by atoms with Crippen molar-refractivity contribution < 1.29 is 18.7 Å². The Labute approximate surface area is 194 Å². The first kappa shape index (κ1) is 24.7. The predicted octanol–water partition coefficient (Wildman–Crippen LogP) is 3.84. The zero-order valence-corrected chi connectivity index (χ0v) is 19.6. The van der Waals surface area contributed by atoms with E-state index in [-0.39, 0.29) is 17.7 Å². The van der Waals surface area contributed by atoms with E-state index in [1.165, 1.54) is 12.4 Å². The normalized spacial score (nSPS) is 14.7. The quantitative estimate of drug-likeness (QED) is 0.551. The van der Waals surface area contributed by atoms with Crippen LogP contribution < -0.4 is 15.4 Å². The number of aromatic nitrogens is 2. The van der Waals surface area contributed by atoms with Gasteiger partial charge in [0.05, 0.1) is 12.2 Å². The number of nitrogens with one attached hydrogen (secondary N) is 2. The van der Waals surface area contributed by atoms with E-state index < -0.39 is 5.60 Å². The number of anilines is 1. The molecule has 2 N–H and O–H groups in total. The molecule has 1 aromatic carbocycles. The first-order valence-corrected chi connectivity index (χ1v) is 11.4. The maximum absolute atomic E-state index is 13.6. The molecule has 0 atom stereocenters.